The minimum absolute atomic E-state index is 0.0695. The maximum absolute atomic E-state index is 14.3. The number of rotatable bonds is 2. The van der Waals surface area contributed by atoms with Crippen molar-refractivity contribution >= 4 is 27.7 Å². The van der Waals surface area contributed by atoms with Crippen molar-refractivity contribution in [3.63, 3.8) is 0 Å². The average molecular weight is 467 g/mol. The summed E-state index contributed by atoms with van der Waals surface area (Å²) >= 11 is 3.20. The number of halogens is 3. The molecule has 3 heterocycles. The van der Waals surface area contributed by atoms with Crippen LogP contribution in [0.25, 0.3) is 0 Å². The van der Waals surface area contributed by atoms with Crippen LogP contribution in [0.5, 0.6) is 0 Å². The SMILES string of the molecule is Cc1ccc(F)c(C(=O)N2CCC3(CCN(C(=O)c4ccc(Br)o4)C3)CC2)c1F. The second-order valence-electron chi connectivity index (χ2n) is 7.93. The number of nitrogens with zero attached hydrogens (tertiary/aromatic N) is 2. The second-order valence-corrected chi connectivity index (χ2v) is 8.71. The largest absolute Gasteiger partial charge is 0.444 e. The topological polar surface area (TPSA) is 53.8 Å². The molecule has 0 bridgehead atoms. The van der Waals surface area contributed by atoms with Gasteiger partial charge in [-0.25, -0.2) is 8.78 Å². The first-order valence-corrected chi connectivity index (χ1v) is 10.4. The number of carbonyl (C=O) groups excluding carboxylic acids is 2. The molecule has 1 spiro atoms. The Kier molecular flexibility index (Phi) is 5.23. The molecule has 0 aliphatic carbocycles. The third-order valence-corrected chi connectivity index (χ3v) is 6.55. The summed E-state index contributed by atoms with van der Waals surface area (Å²) in [5, 5.41) is 0. The first kappa shape index (κ1) is 20.1. The van der Waals surface area contributed by atoms with E-state index in [1.807, 2.05) is 0 Å². The molecule has 2 aromatic rings. The van der Waals surface area contributed by atoms with Crippen molar-refractivity contribution in [3.8, 4) is 0 Å². The van der Waals surface area contributed by atoms with Gasteiger partial charge >= 0.3 is 0 Å². The molecule has 1 aromatic carbocycles. The zero-order valence-corrected chi connectivity index (χ0v) is 17.6. The zero-order valence-electron chi connectivity index (χ0n) is 16.0. The number of furan rings is 1. The summed E-state index contributed by atoms with van der Waals surface area (Å²) in [7, 11) is 0. The fourth-order valence-electron chi connectivity index (χ4n) is 4.30. The van der Waals surface area contributed by atoms with E-state index in [0.717, 1.165) is 12.5 Å². The highest BCUT2D eigenvalue weighted by molar-refractivity contribution is 9.10. The van der Waals surface area contributed by atoms with Gasteiger partial charge in [0.1, 0.15) is 17.2 Å². The van der Waals surface area contributed by atoms with Crippen molar-refractivity contribution in [1.82, 2.24) is 9.80 Å². The maximum Gasteiger partial charge on any atom is 0.289 e. The Labute approximate surface area is 175 Å². The van der Waals surface area contributed by atoms with Crippen LogP contribution >= 0.6 is 15.9 Å². The molecule has 0 N–H and O–H groups in total. The van der Waals surface area contributed by atoms with Crippen molar-refractivity contribution in [2.24, 2.45) is 5.41 Å². The van der Waals surface area contributed by atoms with Crippen LogP contribution < -0.4 is 0 Å². The van der Waals surface area contributed by atoms with E-state index in [9.17, 15) is 18.4 Å². The molecule has 1 aromatic heterocycles. The van der Waals surface area contributed by atoms with Gasteiger partial charge in [0, 0.05) is 26.2 Å². The molecule has 29 heavy (non-hydrogen) atoms. The molecule has 0 saturated carbocycles. The Hall–Kier alpha value is -2.22. The van der Waals surface area contributed by atoms with E-state index in [1.54, 1.807) is 17.0 Å². The van der Waals surface area contributed by atoms with Crippen LogP contribution in [0, 0.1) is 24.0 Å². The van der Waals surface area contributed by atoms with Crippen molar-refractivity contribution in [2.75, 3.05) is 26.2 Å². The lowest BCUT2D eigenvalue weighted by atomic mass is 9.77. The van der Waals surface area contributed by atoms with Crippen LogP contribution in [0.15, 0.2) is 33.4 Å². The maximum atomic E-state index is 14.3. The number of benzene rings is 1. The van der Waals surface area contributed by atoms with Crippen molar-refractivity contribution in [3.05, 3.63) is 57.5 Å². The Balaban J connectivity index is 1.42. The predicted molar refractivity (Wildman–Crippen MR) is 106 cm³/mol. The third kappa shape index (κ3) is 3.70. The fourth-order valence-corrected chi connectivity index (χ4v) is 4.60. The lowest BCUT2D eigenvalue weighted by Gasteiger charge is -2.39. The van der Waals surface area contributed by atoms with E-state index in [2.05, 4.69) is 15.9 Å². The highest BCUT2D eigenvalue weighted by Crippen LogP contribution is 2.41. The summed E-state index contributed by atoms with van der Waals surface area (Å²) in [5.74, 6) is -2.08. The molecule has 2 saturated heterocycles. The van der Waals surface area contributed by atoms with Crippen molar-refractivity contribution < 1.29 is 22.8 Å². The predicted octanol–water partition coefficient (Wildman–Crippen LogP) is 4.40. The average Bonchev–Trinajstić information content (AvgIpc) is 3.32. The molecule has 154 valence electrons. The lowest BCUT2D eigenvalue weighted by Crippen LogP contribution is -2.45. The fraction of sp³-hybridized carbons (Fsp3) is 0.429. The zero-order chi connectivity index (χ0) is 20.8. The van der Waals surface area contributed by atoms with Crippen LogP contribution in [0.3, 0.4) is 0 Å². The number of likely N-dealkylation sites (tertiary alicyclic amines) is 2. The van der Waals surface area contributed by atoms with Crippen molar-refractivity contribution in [1.29, 1.82) is 0 Å². The molecule has 2 fully saturated rings. The monoisotopic (exact) mass is 466 g/mol. The van der Waals surface area contributed by atoms with Crippen LogP contribution in [0.4, 0.5) is 8.78 Å². The first-order valence-electron chi connectivity index (χ1n) is 9.58. The van der Waals surface area contributed by atoms with Gasteiger partial charge in [-0.3, -0.25) is 9.59 Å². The lowest BCUT2D eigenvalue weighted by molar-refractivity contribution is 0.0552. The van der Waals surface area contributed by atoms with Gasteiger partial charge in [-0.15, -0.1) is 0 Å². The van der Waals surface area contributed by atoms with E-state index in [4.69, 9.17) is 4.42 Å². The molecular weight excluding hydrogens is 446 g/mol. The van der Waals surface area contributed by atoms with Crippen molar-refractivity contribution in [2.45, 2.75) is 26.2 Å². The molecule has 4 rings (SSSR count). The summed E-state index contributed by atoms with van der Waals surface area (Å²) in [6.45, 7) is 3.57. The Morgan fingerprint density at radius 2 is 1.66 bits per heavy atom. The van der Waals surface area contributed by atoms with Gasteiger partial charge in [0.2, 0.25) is 0 Å². The molecule has 5 nitrogen and oxygen atoms in total. The Morgan fingerprint density at radius 1 is 1.00 bits per heavy atom. The first-order chi connectivity index (χ1) is 13.8. The quantitative estimate of drug-likeness (QED) is 0.658. The number of aryl methyl sites for hydroxylation is 1. The van der Waals surface area contributed by atoms with Crippen LogP contribution in [-0.2, 0) is 0 Å². The standard InChI is InChI=1S/C21H21BrF2N2O3/c1-13-2-3-14(23)17(18(13)24)20(28)25-9-6-21(7-10-25)8-11-26(12-21)19(27)15-4-5-16(22)29-15/h2-5H,6-12H2,1H3. The minimum atomic E-state index is -0.833. The molecule has 0 radical (unpaired) electrons. The van der Waals surface area contributed by atoms with Gasteiger partial charge in [0.05, 0.1) is 0 Å². The number of carbonyl (C=O) groups is 2. The van der Waals surface area contributed by atoms with Gasteiger partial charge in [0.15, 0.2) is 10.4 Å². The van der Waals surface area contributed by atoms with E-state index in [-0.39, 0.29) is 16.9 Å². The van der Waals surface area contributed by atoms with Gasteiger partial charge in [-0.1, -0.05) is 6.07 Å². The second kappa shape index (κ2) is 7.55. The molecule has 0 atom stereocenters. The smallest absolute Gasteiger partial charge is 0.289 e. The van der Waals surface area contributed by atoms with Crippen LogP contribution in [-0.4, -0.2) is 47.8 Å². The Morgan fingerprint density at radius 3 is 2.28 bits per heavy atom. The highest BCUT2D eigenvalue weighted by Gasteiger charge is 2.43. The summed E-state index contributed by atoms with van der Waals surface area (Å²) in [5.41, 5.74) is -0.301. The number of hydrogen-bond donors (Lipinski definition) is 0. The summed E-state index contributed by atoms with van der Waals surface area (Å²) in [6, 6.07) is 5.79. The normalized spacial score (nSPS) is 18.5. The van der Waals surface area contributed by atoms with Crippen LogP contribution in [0.2, 0.25) is 0 Å². The van der Waals surface area contributed by atoms with E-state index < -0.39 is 23.1 Å². The van der Waals surface area contributed by atoms with E-state index in [1.165, 1.54) is 17.9 Å². The van der Waals surface area contributed by atoms with Crippen LogP contribution in [0.1, 0.15) is 45.7 Å². The number of hydrogen-bond acceptors (Lipinski definition) is 3. The molecule has 0 unspecified atom stereocenters. The summed E-state index contributed by atoms with van der Waals surface area (Å²) in [6.07, 6.45) is 2.23. The number of amides is 2. The molecule has 2 aliphatic heterocycles. The molecule has 2 amide bonds. The molecule has 8 heteroatoms. The summed E-state index contributed by atoms with van der Waals surface area (Å²) in [4.78, 5) is 28.6. The van der Waals surface area contributed by atoms with Gasteiger partial charge < -0.3 is 14.2 Å². The summed E-state index contributed by atoms with van der Waals surface area (Å²) < 4.78 is 34.3. The third-order valence-electron chi connectivity index (χ3n) is 6.12. The molecule has 2 aliphatic rings. The van der Waals surface area contributed by atoms with E-state index in [0.29, 0.717) is 49.5 Å². The number of piperidine rings is 1. The minimum Gasteiger partial charge on any atom is -0.444 e. The van der Waals surface area contributed by atoms with Gasteiger partial charge in [-0.05, 0) is 71.3 Å². The van der Waals surface area contributed by atoms with Gasteiger partial charge in [0.25, 0.3) is 11.8 Å². The van der Waals surface area contributed by atoms with Gasteiger partial charge in [-0.2, -0.15) is 0 Å². The highest BCUT2D eigenvalue weighted by atomic mass is 79.9. The Bertz CT molecular complexity index is 967. The molecular formula is C21H21BrF2N2O3. The van der Waals surface area contributed by atoms with E-state index >= 15 is 0 Å².